The van der Waals surface area contributed by atoms with Crippen LogP contribution in [0.4, 0.5) is 13.2 Å². The van der Waals surface area contributed by atoms with Crippen LogP contribution >= 0.6 is 11.6 Å². The zero-order valence-electron chi connectivity index (χ0n) is 21.1. The van der Waals surface area contributed by atoms with E-state index in [1.165, 1.54) is 38.1 Å². The highest BCUT2D eigenvalue weighted by Crippen LogP contribution is 2.37. The summed E-state index contributed by atoms with van der Waals surface area (Å²) >= 11 is 6.45. The van der Waals surface area contributed by atoms with Crippen molar-refractivity contribution in [1.29, 1.82) is 0 Å². The smallest absolute Gasteiger partial charge is 0.434 e. The maximum absolute atomic E-state index is 13.1. The molecule has 0 radical (unpaired) electrons. The molecule has 1 aliphatic carbocycles. The van der Waals surface area contributed by atoms with Gasteiger partial charge in [-0.15, -0.1) is 0 Å². The van der Waals surface area contributed by atoms with E-state index in [4.69, 9.17) is 31.5 Å². The molecule has 9 nitrogen and oxygen atoms in total. The van der Waals surface area contributed by atoms with Crippen LogP contribution in [0.1, 0.15) is 29.9 Å². The lowest BCUT2D eigenvalue weighted by molar-refractivity contribution is -0.140. The van der Waals surface area contributed by atoms with Crippen LogP contribution in [0.25, 0.3) is 17.0 Å². The lowest BCUT2D eigenvalue weighted by Gasteiger charge is -2.15. The Labute approximate surface area is 222 Å². The summed E-state index contributed by atoms with van der Waals surface area (Å²) in [6.07, 6.45) is -0.191. The average molecular weight is 551 g/mol. The zero-order chi connectivity index (χ0) is 27.6. The first kappa shape index (κ1) is 27.2. The highest BCUT2D eigenvalue weighted by molar-refractivity contribution is 6.31. The molecule has 0 spiro atoms. The van der Waals surface area contributed by atoms with Crippen molar-refractivity contribution in [3.8, 4) is 23.0 Å². The molecule has 0 saturated heterocycles. The van der Waals surface area contributed by atoms with Crippen molar-refractivity contribution in [2.45, 2.75) is 25.6 Å². The largest absolute Gasteiger partial charge is 0.490 e. The van der Waals surface area contributed by atoms with Crippen LogP contribution in [-0.4, -0.2) is 46.5 Å². The fourth-order valence-electron chi connectivity index (χ4n) is 3.85. The molecule has 1 fully saturated rings. The third-order valence-corrected chi connectivity index (χ3v) is 6.29. The van der Waals surface area contributed by atoms with E-state index in [0.717, 1.165) is 24.8 Å². The maximum atomic E-state index is 13.1. The third-order valence-electron chi connectivity index (χ3n) is 5.94. The second-order valence-electron chi connectivity index (χ2n) is 8.55. The molecule has 0 aliphatic heterocycles. The van der Waals surface area contributed by atoms with Crippen LogP contribution in [0.3, 0.4) is 0 Å². The molecule has 2 aromatic heterocycles. The normalized spacial score (nSPS) is 14.8. The second-order valence-corrected chi connectivity index (χ2v) is 8.95. The monoisotopic (exact) mass is 550 g/mol. The summed E-state index contributed by atoms with van der Waals surface area (Å²) in [7, 11) is 6.08. The summed E-state index contributed by atoms with van der Waals surface area (Å²) < 4.78 is 57.0. The van der Waals surface area contributed by atoms with Crippen LogP contribution in [0.15, 0.2) is 41.5 Å². The third kappa shape index (κ3) is 5.69. The van der Waals surface area contributed by atoms with E-state index in [1.54, 1.807) is 19.2 Å². The Morgan fingerprint density at radius 1 is 1.24 bits per heavy atom. The lowest BCUT2D eigenvalue weighted by atomic mass is 10.1. The van der Waals surface area contributed by atoms with Gasteiger partial charge in [0.2, 0.25) is 0 Å². The summed E-state index contributed by atoms with van der Waals surface area (Å²) in [5.41, 5.74) is 7.39. The van der Waals surface area contributed by atoms with Crippen molar-refractivity contribution in [3.63, 3.8) is 0 Å². The van der Waals surface area contributed by atoms with E-state index >= 15 is 0 Å². The predicted molar refractivity (Wildman–Crippen MR) is 136 cm³/mol. The molecule has 13 heteroatoms. The number of rotatable bonds is 9. The van der Waals surface area contributed by atoms with Gasteiger partial charge in [0, 0.05) is 42.4 Å². The standard InChI is InChI=1S/C25H26ClF3N6O3/c1-31-20(13-5-6-13)19(21(30)37-4)22-32-10-17(36-3)24(34-22)38-12-15-8-7-14(9-16(15)26)23-33-18(11-35(23)2)25(27,28)29/h7-11,13H,5-6,12,30H2,1-4H3. The van der Waals surface area contributed by atoms with Gasteiger partial charge in [0.15, 0.2) is 23.2 Å². The number of allylic oxidation sites excluding steroid dienone is 1. The first-order valence-electron chi connectivity index (χ1n) is 11.5. The Kier molecular flexibility index (Phi) is 7.81. The molecule has 0 atom stereocenters. The van der Waals surface area contributed by atoms with E-state index < -0.39 is 11.9 Å². The summed E-state index contributed by atoms with van der Waals surface area (Å²) in [6.45, 7) is -0.00352. The van der Waals surface area contributed by atoms with Gasteiger partial charge >= 0.3 is 6.18 Å². The molecule has 2 heterocycles. The number of aliphatic imine (C=N–C) groups is 1. The predicted octanol–water partition coefficient (Wildman–Crippen LogP) is 4.89. The minimum absolute atomic E-state index is 0.00352. The number of hydrogen-bond acceptors (Lipinski definition) is 8. The molecule has 2 N–H and O–H groups in total. The van der Waals surface area contributed by atoms with Crippen LogP contribution in [0, 0.1) is 5.92 Å². The Morgan fingerprint density at radius 3 is 2.53 bits per heavy atom. The number of benzene rings is 1. The number of methoxy groups -OCH3 is 2. The lowest BCUT2D eigenvalue weighted by Crippen LogP contribution is -2.16. The number of nitrogens with two attached hydrogens (primary N) is 1. The van der Waals surface area contributed by atoms with Crippen molar-refractivity contribution in [2.24, 2.45) is 23.7 Å². The van der Waals surface area contributed by atoms with Crippen molar-refractivity contribution < 1.29 is 27.4 Å². The van der Waals surface area contributed by atoms with Gasteiger partial charge < -0.3 is 24.5 Å². The van der Waals surface area contributed by atoms with Crippen LogP contribution in [0.2, 0.25) is 5.02 Å². The van der Waals surface area contributed by atoms with Crippen molar-refractivity contribution in [2.75, 3.05) is 21.3 Å². The Balaban J connectivity index is 1.60. The highest BCUT2D eigenvalue weighted by Gasteiger charge is 2.35. The van der Waals surface area contributed by atoms with E-state index in [9.17, 15) is 13.2 Å². The first-order chi connectivity index (χ1) is 18.1. The van der Waals surface area contributed by atoms with E-state index in [0.29, 0.717) is 16.7 Å². The number of alkyl halides is 3. The fourth-order valence-corrected chi connectivity index (χ4v) is 4.08. The molecule has 3 aromatic rings. The molecule has 0 unspecified atom stereocenters. The number of halogens is 4. The molecule has 1 saturated carbocycles. The summed E-state index contributed by atoms with van der Waals surface area (Å²) in [5, 5.41) is 0.283. The van der Waals surface area contributed by atoms with Crippen LogP contribution < -0.4 is 15.2 Å². The minimum atomic E-state index is -4.55. The van der Waals surface area contributed by atoms with E-state index in [1.807, 2.05) is 0 Å². The van der Waals surface area contributed by atoms with E-state index in [-0.39, 0.29) is 46.7 Å². The number of hydrogen-bond donors (Lipinski definition) is 1. The van der Waals surface area contributed by atoms with Crippen LogP contribution in [0.5, 0.6) is 11.6 Å². The second kappa shape index (κ2) is 10.9. The summed E-state index contributed by atoms with van der Waals surface area (Å²) in [6, 6.07) is 4.80. The zero-order valence-corrected chi connectivity index (χ0v) is 21.9. The highest BCUT2D eigenvalue weighted by atomic mass is 35.5. The van der Waals surface area contributed by atoms with Crippen LogP contribution in [-0.2, 0) is 24.6 Å². The molecule has 0 bridgehead atoms. The average Bonchev–Trinajstić information content (AvgIpc) is 3.65. The Bertz CT molecular complexity index is 1400. The molecule has 4 rings (SSSR count). The minimum Gasteiger partial charge on any atom is -0.490 e. The molecule has 1 aliphatic rings. The number of ether oxygens (including phenoxy) is 3. The van der Waals surface area contributed by atoms with E-state index in [2.05, 4.69) is 19.9 Å². The van der Waals surface area contributed by atoms with Gasteiger partial charge in [0.25, 0.3) is 5.88 Å². The first-order valence-corrected chi connectivity index (χ1v) is 11.9. The molecule has 1 aromatic carbocycles. The number of aryl methyl sites for hydroxylation is 1. The molecule has 38 heavy (non-hydrogen) atoms. The quantitative estimate of drug-likeness (QED) is 0.298. The number of nitrogens with zero attached hydrogens (tertiary/aromatic N) is 5. The number of aromatic nitrogens is 4. The van der Waals surface area contributed by atoms with Gasteiger partial charge in [-0.2, -0.15) is 18.2 Å². The summed E-state index contributed by atoms with van der Waals surface area (Å²) in [5.74, 6) is 1.21. The van der Waals surface area contributed by atoms with Crippen molar-refractivity contribution >= 4 is 22.9 Å². The van der Waals surface area contributed by atoms with Gasteiger partial charge in [0.1, 0.15) is 18.0 Å². The SMILES string of the molecule is CN=C(C(=C(N)OC)c1ncc(OC)c(OCc2ccc(-c3nc(C(F)(F)F)cn3C)cc2Cl)n1)C1CC1. The molecule has 0 amide bonds. The topological polar surface area (TPSA) is 110 Å². The van der Waals surface area contributed by atoms with Gasteiger partial charge in [-0.3, -0.25) is 4.99 Å². The van der Waals surface area contributed by atoms with Gasteiger partial charge in [-0.05, 0) is 18.9 Å². The molecule has 202 valence electrons. The van der Waals surface area contributed by atoms with Crippen molar-refractivity contribution in [1.82, 2.24) is 19.5 Å². The Morgan fingerprint density at radius 2 is 1.97 bits per heavy atom. The fraction of sp³-hybridized carbons (Fsp3) is 0.360. The maximum Gasteiger partial charge on any atom is 0.434 e. The molecular formula is C25H26ClF3N6O3. The van der Waals surface area contributed by atoms with Gasteiger partial charge in [-0.25, -0.2) is 9.97 Å². The molecular weight excluding hydrogens is 525 g/mol. The summed E-state index contributed by atoms with van der Waals surface area (Å²) in [4.78, 5) is 17.0. The van der Waals surface area contributed by atoms with Crippen molar-refractivity contribution in [3.05, 3.63) is 58.6 Å². The van der Waals surface area contributed by atoms with Gasteiger partial charge in [-0.1, -0.05) is 23.7 Å². The Hall–Kier alpha value is -3.80. The number of imidazole rings is 1. The van der Waals surface area contributed by atoms with Gasteiger partial charge in [0.05, 0.1) is 26.1 Å².